The average Bonchev–Trinajstić information content (AvgIpc) is 0.814. The third kappa shape index (κ3) is 11.9. The Balaban J connectivity index is 1.05. The summed E-state index contributed by atoms with van der Waals surface area (Å²) < 4.78 is 4.80. The first kappa shape index (κ1) is 67.6. The van der Waals surface area contributed by atoms with E-state index in [2.05, 4.69) is 439 Å². The van der Waals surface area contributed by atoms with Crippen LogP contribution in [0.3, 0.4) is 0 Å². The lowest BCUT2D eigenvalue weighted by Gasteiger charge is -2.46. The van der Waals surface area contributed by atoms with E-state index in [4.69, 9.17) is 9.97 Å². The Labute approximate surface area is 636 Å². The van der Waals surface area contributed by atoms with Crippen LogP contribution in [0.5, 0.6) is 0 Å². The fourth-order valence-corrected chi connectivity index (χ4v) is 24.1. The molecule has 0 aliphatic rings. The molecule has 3 heterocycles. The van der Waals surface area contributed by atoms with Crippen LogP contribution in [0.25, 0.3) is 111 Å². The van der Waals surface area contributed by atoms with Gasteiger partial charge in [-0.25, -0.2) is 9.97 Å². The van der Waals surface area contributed by atoms with Crippen molar-refractivity contribution in [1.29, 1.82) is 0 Å². The monoisotopic (exact) mass is 1430 g/mol. The zero-order valence-electron chi connectivity index (χ0n) is 61.6. The van der Waals surface area contributed by atoms with Crippen LogP contribution in [0.4, 0.5) is 0 Å². The highest BCUT2D eigenvalue weighted by Gasteiger charge is 2.40. The summed E-state index contributed by atoms with van der Waals surface area (Å²) in [5, 5.41) is 4.67. The molecule has 0 bridgehead atoms. The van der Waals surface area contributed by atoms with Crippen molar-refractivity contribution in [2.75, 3.05) is 0 Å². The largest absolute Gasteiger partial charge is 0.294 e. The average molecular weight is 1430 g/mol. The van der Waals surface area contributed by atoms with E-state index in [0.717, 1.165) is 104 Å². The van der Waals surface area contributed by atoms with Gasteiger partial charge in [-0.05, 0) is 194 Å². The molecule has 4 nitrogen and oxygen atoms in total. The van der Waals surface area contributed by atoms with Gasteiger partial charge in [0.25, 0.3) is 0 Å². The van der Waals surface area contributed by atoms with Gasteiger partial charge < -0.3 is 0 Å². The summed E-state index contributed by atoms with van der Waals surface area (Å²) in [4.78, 5) is 21.8. The van der Waals surface area contributed by atoms with Gasteiger partial charge in [-0.15, -0.1) is 20.1 Å². The van der Waals surface area contributed by atoms with Gasteiger partial charge in [0, 0.05) is 72.3 Å². The summed E-state index contributed by atoms with van der Waals surface area (Å²) >= 11 is 0. The third-order valence-electron chi connectivity index (χ3n) is 21.5. The number of rotatable bonds is 15. The lowest BCUT2D eigenvalue weighted by molar-refractivity contribution is 0.590. The van der Waals surface area contributed by atoms with Gasteiger partial charge in [-0.1, -0.05) is 296 Å². The van der Waals surface area contributed by atoms with E-state index in [-0.39, 0.29) is 10.8 Å². The fourth-order valence-electron chi connectivity index (χ4n) is 16.1. The van der Waals surface area contributed by atoms with E-state index < -0.39 is 20.1 Å². The van der Waals surface area contributed by atoms with Gasteiger partial charge in [0.1, 0.15) is 11.6 Å². The van der Waals surface area contributed by atoms with Crippen LogP contribution >= 0.6 is 20.1 Å². The quantitative estimate of drug-likeness (QED) is 0.103. The Kier molecular flexibility index (Phi) is 17.2. The number of para-hydroxylation sites is 2. The first-order chi connectivity index (χ1) is 52.8. The SMILES string of the molecule is CC(C)(C)c1ccc2c(c1)c1cc(C(C)(C)C)ccc1n2-c1cc(-n2c3ccccc3c3ccccc32)nc(-c2cc(S(c3ccccc3)(c3cccc(-c4ccccc4)c3)c3cccc(-c4ccccc4)c3)cc(S(c3ccccc3)(c3cccc(-c4ccccc4)c3)c3cccc(-c4ccccc4)c3)c2)n1. The smallest absolute Gasteiger partial charge is 0.163 e. The number of hydrogen-bond donors (Lipinski definition) is 0. The van der Waals surface area contributed by atoms with Gasteiger partial charge >= 0.3 is 0 Å². The standard InChI is InChI=1S/C102H82N4S2/c1-101(2,3)80-57-59-96-92(67-80)93-68-81(102(4,5)6)58-60-97(93)106(96)99-70-98(105-94-55-27-25-53-90(94)91-54-26-28-56-95(91)105)103-100(104-99)79-65-88(107(82-45-21-11-22-46-82,84-49-29-41-75(61-84)71-33-13-7-14-34-71)85-50-30-42-76(62-85)72-35-15-8-16-36-72)69-89(66-79)108(83-47-23-12-24-48-83,86-51-31-43-77(63-86)73-37-17-9-18-38-73)87-52-32-44-78(64-87)74-39-19-10-20-40-74/h7-70H,1-6H3. The summed E-state index contributed by atoms with van der Waals surface area (Å²) in [5.41, 5.74) is 16.6. The van der Waals surface area contributed by atoms with E-state index in [0.29, 0.717) is 5.82 Å². The van der Waals surface area contributed by atoms with Crippen LogP contribution in [0.2, 0.25) is 0 Å². The van der Waals surface area contributed by atoms with Gasteiger partial charge in [0.15, 0.2) is 5.82 Å². The van der Waals surface area contributed by atoms with Crippen LogP contribution in [0, 0.1) is 0 Å². The minimum atomic E-state index is -2.64. The molecule has 0 atom stereocenters. The van der Waals surface area contributed by atoms with Crippen LogP contribution in [-0.2, 0) is 10.8 Å². The number of aromatic nitrogens is 4. The van der Waals surface area contributed by atoms with Crippen LogP contribution < -0.4 is 0 Å². The van der Waals surface area contributed by atoms with Crippen molar-refractivity contribution in [1.82, 2.24) is 19.1 Å². The van der Waals surface area contributed by atoms with E-state index in [1.165, 1.54) is 51.3 Å². The first-order valence-electron chi connectivity index (χ1n) is 37.3. The Morgan fingerprint density at radius 3 is 0.796 bits per heavy atom. The van der Waals surface area contributed by atoms with Gasteiger partial charge in [0.05, 0.1) is 22.1 Å². The van der Waals surface area contributed by atoms with Crippen LogP contribution in [-0.4, -0.2) is 19.1 Å². The molecule has 15 aromatic carbocycles. The van der Waals surface area contributed by atoms with Crippen molar-refractivity contribution in [3.63, 3.8) is 0 Å². The summed E-state index contributed by atoms with van der Waals surface area (Å²) in [7, 11) is -5.28. The molecule has 0 spiro atoms. The third-order valence-corrected chi connectivity index (χ3v) is 29.1. The Morgan fingerprint density at radius 1 is 0.204 bits per heavy atom. The maximum absolute atomic E-state index is 6.21. The highest BCUT2D eigenvalue weighted by Crippen LogP contribution is 2.78. The number of benzene rings is 15. The molecule has 18 rings (SSSR count). The predicted molar refractivity (Wildman–Crippen MR) is 455 cm³/mol. The second-order valence-corrected chi connectivity index (χ2v) is 36.4. The molecule has 0 aliphatic carbocycles. The minimum absolute atomic E-state index is 0.107. The maximum Gasteiger partial charge on any atom is 0.163 e. The molecule has 0 aliphatic heterocycles. The lowest BCUT2D eigenvalue weighted by Crippen LogP contribution is -2.11. The number of nitrogens with zero attached hydrogens (tertiary/aromatic N) is 4. The van der Waals surface area contributed by atoms with Crippen molar-refractivity contribution in [3.05, 3.63) is 399 Å². The van der Waals surface area contributed by atoms with Crippen molar-refractivity contribution >= 4 is 63.7 Å². The van der Waals surface area contributed by atoms with Crippen LogP contribution in [0.1, 0.15) is 52.7 Å². The van der Waals surface area contributed by atoms with Gasteiger partial charge in [-0.3, -0.25) is 9.13 Å². The zero-order valence-corrected chi connectivity index (χ0v) is 63.2. The molecular formula is C102H82N4S2. The highest BCUT2D eigenvalue weighted by atomic mass is 32.3. The number of fused-ring (bicyclic) bond motifs is 6. The van der Waals surface area contributed by atoms with E-state index in [1.54, 1.807) is 0 Å². The Hall–Kier alpha value is -12.3. The van der Waals surface area contributed by atoms with E-state index in [1.807, 2.05) is 0 Å². The molecule has 6 heteroatoms. The normalized spacial score (nSPS) is 12.5. The first-order valence-corrected chi connectivity index (χ1v) is 40.6. The topological polar surface area (TPSA) is 35.6 Å². The molecule has 0 fully saturated rings. The Bertz CT molecular complexity index is 5850. The van der Waals surface area contributed by atoms with Gasteiger partial charge in [-0.2, -0.15) is 0 Å². The molecule has 0 radical (unpaired) electrons. The van der Waals surface area contributed by atoms with Crippen LogP contribution in [0.15, 0.2) is 427 Å². The van der Waals surface area contributed by atoms with Crippen molar-refractivity contribution in [2.24, 2.45) is 0 Å². The van der Waals surface area contributed by atoms with Crippen molar-refractivity contribution in [3.8, 4) is 67.5 Å². The van der Waals surface area contributed by atoms with Gasteiger partial charge in [0.2, 0.25) is 0 Å². The maximum atomic E-state index is 6.21. The molecule has 522 valence electrons. The summed E-state index contributed by atoms with van der Waals surface area (Å²) in [6, 6.07) is 146. The minimum Gasteiger partial charge on any atom is -0.294 e. The number of hydrogen-bond acceptors (Lipinski definition) is 2. The summed E-state index contributed by atoms with van der Waals surface area (Å²) in [6.07, 6.45) is 0. The van der Waals surface area contributed by atoms with Crippen molar-refractivity contribution in [2.45, 2.75) is 91.5 Å². The Morgan fingerprint density at radius 2 is 0.472 bits per heavy atom. The summed E-state index contributed by atoms with van der Waals surface area (Å²) in [5.74, 6) is 2.11. The molecule has 108 heavy (non-hydrogen) atoms. The van der Waals surface area contributed by atoms with E-state index in [9.17, 15) is 0 Å². The second kappa shape index (κ2) is 27.5. The van der Waals surface area contributed by atoms with E-state index >= 15 is 0 Å². The molecular weight excluding hydrogens is 1350 g/mol. The molecule has 18 aromatic rings. The predicted octanol–water partition coefficient (Wildman–Crippen LogP) is 28.3. The molecule has 0 amide bonds. The highest BCUT2D eigenvalue weighted by molar-refractivity contribution is 8.34. The lowest BCUT2D eigenvalue weighted by atomic mass is 9.85. The molecule has 0 N–H and O–H groups in total. The molecule has 0 saturated carbocycles. The molecule has 3 aromatic heterocycles. The van der Waals surface area contributed by atoms with Crippen molar-refractivity contribution < 1.29 is 0 Å². The fraction of sp³-hybridized carbons (Fsp3) is 0.0784. The molecule has 0 saturated heterocycles. The second-order valence-electron chi connectivity index (χ2n) is 30.2. The molecule has 0 unspecified atom stereocenters. The zero-order chi connectivity index (χ0) is 73.1. The summed E-state index contributed by atoms with van der Waals surface area (Å²) in [6.45, 7) is 13.9.